The summed E-state index contributed by atoms with van der Waals surface area (Å²) in [6.07, 6.45) is 2.11. The molecule has 3 rings (SSSR count). The van der Waals surface area contributed by atoms with Gasteiger partial charge in [-0.05, 0) is 37.4 Å². The lowest BCUT2D eigenvalue weighted by atomic mass is 10.0. The molecule has 29 heavy (non-hydrogen) atoms. The third-order valence-corrected chi connectivity index (χ3v) is 5.48. The minimum absolute atomic E-state index is 0.196. The number of nitrogens with one attached hydrogen (secondary N) is 1. The number of nitro groups is 1. The van der Waals surface area contributed by atoms with Crippen LogP contribution >= 0.6 is 0 Å². The molecule has 2 saturated heterocycles. The topological polar surface area (TPSA) is 169 Å². The predicted octanol–water partition coefficient (Wildman–Crippen LogP) is 0.441. The summed E-state index contributed by atoms with van der Waals surface area (Å²) in [5.74, 6) is 0.740. The van der Waals surface area contributed by atoms with Crippen LogP contribution in [0.3, 0.4) is 0 Å². The molecule has 2 aliphatic rings. The molecule has 2 aliphatic heterocycles. The average molecular weight is 432 g/mol. The van der Waals surface area contributed by atoms with E-state index in [-0.39, 0.29) is 22.4 Å². The van der Waals surface area contributed by atoms with Gasteiger partial charge in [-0.3, -0.25) is 10.1 Å². The zero-order valence-corrected chi connectivity index (χ0v) is 16.9. The van der Waals surface area contributed by atoms with Crippen LogP contribution in [0.2, 0.25) is 0 Å². The van der Waals surface area contributed by atoms with Crippen molar-refractivity contribution in [2.24, 2.45) is 16.8 Å². The van der Waals surface area contributed by atoms with E-state index in [2.05, 4.69) is 5.32 Å². The van der Waals surface area contributed by atoms with E-state index < -0.39 is 14.9 Å². The molecule has 5 N–H and O–H groups in total. The molecule has 0 spiro atoms. The van der Waals surface area contributed by atoms with Crippen LogP contribution in [0.1, 0.15) is 12.8 Å². The molecule has 0 bridgehead atoms. The summed E-state index contributed by atoms with van der Waals surface area (Å²) in [7, 11) is -3.99. The van der Waals surface area contributed by atoms with Gasteiger partial charge < -0.3 is 25.3 Å². The lowest BCUT2D eigenvalue weighted by molar-refractivity contribution is -0.384. The highest BCUT2D eigenvalue weighted by Crippen LogP contribution is 2.27. The van der Waals surface area contributed by atoms with Crippen molar-refractivity contribution < 1.29 is 27.6 Å². The zero-order valence-electron chi connectivity index (χ0n) is 16.1. The fourth-order valence-corrected chi connectivity index (χ4v) is 3.38. The number of anilines is 1. The molecule has 11 nitrogen and oxygen atoms in total. The smallest absolute Gasteiger partial charge is 0.293 e. The van der Waals surface area contributed by atoms with E-state index in [9.17, 15) is 18.5 Å². The van der Waals surface area contributed by atoms with Crippen LogP contribution in [0.25, 0.3) is 0 Å². The van der Waals surface area contributed by atoms with Crippen molar-refractivity contribution in [1.82, 2.24) is 0 Å². The molecule has 0 radical (unpaired) electrons. The summed E-state index contributed by atoms with van der Waals surface area (Å²) in [6, 6.07) is 3.44. The van der Waals surface area contributed by atoms with Gasteiger partial charge in [0.15, 0.2) is 0 Å². The Morgan fingerprint density at radius 2 is 1.90 bits per heavy atom. The first-order chi connectivity index (χ1) is 13.8. The molecule has 1 aromatic rings. The number of sulfonamides is 1. The Labute approximate surface area is 169 Å². The fourth-order valence-electron chi connectivity index (χ4n) is 2.85. The second-order valence-electron chi connectivity index (χ2n) is 6.72. The molecule has 1 unspecified atom stereocenters. The molecule has 0 aromatic heterocycles. The minimum atomic E-state index is -3.99. The number of hydrogen-bond donors (Lipinski definition) is 3. The maximum Gasteiger partial charge on any atom is 0.293 e. The molecule has 1 aromatic carbocycles. The van der Waals surface area contributed by atoms with Gasteiger partial charge in [0.2, 0.25) is 10.0 Å². The van der Waals surface area contributed by atoms with E-state index in [4.69, 9.17) is 25.1 Å². The first-order valence-electron chi connectivity index (χ1n) is 9.33. The Morgan fingerprint density at radius 1 is 1.17 bits per heavy atom. The SMILES string of the molecule is NCC1CCOCC1.NS(=O)(=O)c1ccc(NCC2COCCO2)c([N+](=O)[O-])c1. The standard InChI is InChI=1S/C11H15N3O6S.C6H13NO/c12-21(17,18)9-1-2-10(11(5-9)14(15)16)13-6-8-7-19-3-4-20-8;7-5-6-1-3-8-4-2-6/h1-2,5,8,13H,3-4,6-7H2,(H2,12,17,18);6H,1-5,7H2. The van der Waals surface area contributed by atoms with Gasteiger partial charge >= 0.3 is 0 Å². The molecule has 2 heterocycles. The molecule has 0 amide bonds. The highest BCUT2D eigenvalue weighted by atomic mass is 32.2. The van der Waals surface area contributed by atoms with Crippen molar-refractivity contribution in [3.05, 3.63) is 28.3 Å². The van der Waals surface area contributed by atoms with Crippen molar-refractivity contribution in [3.8, 4) is 0 Å². The summed E-state index contributed by atoms with van der Waals surface area (Å²) in [4.78, 5) is 10.0. The molecule has 0 aliphatic carbocycles. The first kappa shape index (κ1) is 23.4. The predicted molar refractivity (Wildman–Crippen MR) is 106 cm³/mol. The second kappa shape index (κ2) is 11.4. The van der Waals surface area contributed by atoms with Crippen LogP contribution in [0, 0.1) is 16.0 Å². The summed E-state index contributed by atoms with van der Waals surface area (Å²) < 4.78 is 38.2. The Morgan fingerprint density at radius 3 is 2.41 bits per heavy atom. The normalized spacial score (nSPS) is 20.4. The van der Waals surface area contributed by atoms with Crippen molar-refractivity contribution in [3.63, 3.8) is 0 Å². The number of nitrogens with zero attached hydrogens (tertiary/aromatic N) is 1. The quantitative estimate of drug-likeness (QED) is 0.426. The van der Waals surface area contributed by atoms with Crippen LogP contribution in [0.15, 0.2) is 23.1 Å². The van der Waals surface area contributed by atoms with Crippen LogP contribution < -0.4 is 16.2 Å². The highest BCUT2D eigenvalue weighted by molar-refractivity contribution is 7.89. The van der Waals surface area contributed by atoms with Crippen molar-refractivity contribution in [1.29, 1.82) is 0 Å². The Hall–Kier alpha value is -1.83. The van der Waals surface area contributed by atoms with Gasteiger partial charge in [-0.25, -0.2) is 13.6 Å². The minimum Gasteiger partial charge on any atom is -0.381 e. The Kier molecular flexibility index (Phi) is 9.20. The van der Waals surface area contributed by atoms with E-state index in [0.717, 1.165) is 44.6 Å². The van der Waals surface area contributed by atoms with Crippen LogP contribution in [-0.4, -0.2) is 65.6 Å². The molecule has 12 heteroatoms. The van der Waals surface area contributed by atoms with E-state index in [1.54, 1.807) is 0 Å². The molecular weight excluding hydrogens is 404 g/mol. The van der Waals surface area contributed by atoms with Crippen molar-refractivity contribution in [2.45, 2.75) is 23.8 Å². The van der Waals surface area contributed by atoms with E-state index >= 15 is 0 Å². The van der Waals surface area contributed by atoms with E-state index in [1.807, 2.05) is 0 Å². The van der Waals surface area contributed by atoms with Crippen LogP contribution in [0.5, 0.6) is 0 Å². The van der Waals surface area contributed by atoms with E-state index in [1.165, 1.54) is 12.1 Å². The first-order valence-corrected chi connectivity index (χ1v) is 10.9. The fraction of sp³-hybridized carbons (Fsp3) is 0.647. The third-order valence-electron chi connectivity index (χ3n) is 4.57. The summed E-state index contributed by atoms with van der Waals surface area (Å²) in [5, 5.41) is 18.8. The van der Waals surface area contributed by atoms with Crippen molar-refractivity contribution >= 4 is 21.4 Å². The number of primary sulfonamides is 1. The number of nitrogens with two attached hydrogens (primary N) is 2. The number of nitro benzene ring substituents is 1. The van der Waals surface area contributed by atoms with Crippen molar-refractivity contribution in [2.75, 3.05) is 51.4 Å². The van der Waals surface area contributed by atoms with Crippen LogP contribution in [-0.2, 0) is 24.2 Å². The Balaban J connectivity index is 0.000000313. The molecule has 2 fully saturated rings. The number of rotatable bonds is 6. The van der Waals surface area contributed by atoms with Gasteiger partial charge in [0.1, 0.15) is 5.69 Å². The maximum absolute atomic E-state index is 11.2. The average Bonchev–Trinajstić information content (AvgIpc) is 2.73. The maximum atomic E-state index is 11.2. The van der Waals surface area contributed by atoms with Gasteiger partial charge in [0.25, 0.3) is 5.69 Å². The molecular formula is C17H28N4O7S. The van der Waals surface area contributed by atoms with Gasteiger partial charge in [0.05, 0.1) is 35.7 Å². The monoisotopic (exact) mass is 432 g/mol. The number of ether oxygens (including phenoxy) is 3. The number of hydrogen-bond acceptors (Lipinski definition) is 9. The van der Waals surface area contributed by atoms with Gasteiger partial charge in [-0.1, -0.05) is 0 Å². The molecule has 1 atom stereocenters. The summed E-state index contributed by atoms with van der Waals surface area (Å²) in [6.45, 7) is 4.39. The largest absolute Gasteiger partial charge is 0.381 e. The summed E-state index contributed by atoms with van der Waals surface area (Å²) in [5.41, 5.74) is 5.28. The van der Waals surface area contributed by atoms with Gasteiger partial charge in [0, 0.05) is 25.8 Å². The summed E-state index contributed by atoms with van der Waals surface area (Å²) >= 11 is 0. The molecule has 164 valence electrons. The van der Waals surface area contributed by atoms with Gasteiger partial charge in [-0.15, -0.1) is 0 Å². The van der Waals surface area contributed by atoms with Gasteiger partial charge in [-0.2, -0.15) is 0 Å². The third kappa shape index (κ3) is 7.84. The second-order valence-corrected chi connectivity index (χ2v) is 8.28. The van der Waals surface area contributed by atoms with Crippen LogP contribution in [0.4, 0.5) is 11.4 Å². The Bertz CT molecular complexity index is 763. The lowest BCUT2D eigenvalue weighted by Gasteiger charge is -2.23. The zero-order chi connectivity index (χ0) is 21.3. The lowest BCUT2D eigenvalue weighted by Crippen LogP contribution is -2.34. The highest BCUT2D eigenvalue weighted by Gasteiger charge is 2.21. The number of benzene rings is 1. The van der Waals surface area contributed by atoms with E-state index in [0.29, 0.717) is 26.4 Å². The molecule has 0 saturated carbocycles.